The van der Waals surface area contributed by atoms with Crippen LogP contribution in [0.25, 0.3) is 64.0 Å². The maximum absolute atomic E-state index is 2.50. The molecule has 0 bridgehead atoms. The summed E-state index contributed by atoms with van der Waals surface area (Å²) in [5.74, 6) is 0. The Kier molecular flexibility index (Phi) is 7.69. The third-order valence-electron chi connectivity index (χ3n) is 12.5. The van der Waals surface area contributed by atoms with Gasteiger partial charge in [-0.05, 0) is 91.7 Å². The first-order valence-corrected chi connectivity index (χ1v) is 21.2. The lowest BCUT2D eigenvalue weighted by Gasteiger charge is -2.34. The number of hydrogen-bond donors (Lipinski definition) is 0. The number of hydrogen-bond acceptors (Lipinski definition) is 2. The van der Waals surface area contributed by atoms with Crippen LogP contribution in [0, 0.1) is 0 Å². The van der Waals surface area contributed by atoms with Crippen LogP contribution in [0.5, 0.6) is 0 Å². The molecule has 2 heteroatoms. The van der Waals surface area contributed by atoms with E-state index in [0.717, 1.165) is 5.69 Å². The van der Waals surface area contributed by atoms with Gasteiger partial charge >= 0.3 is 0 Å². The van der Waals surface area contributed by atoms with Gasteiger partial charge in [-0.3, -0.25) is 0 Å². The molecule has 0 fully saturated rings. The lowest BCUT2D eigenvalue weighted by molar-refractivity contribution is 0.769. The third kappa shape index (κ3) is 5.03. The molecule has 0 N–H and O–H groups in total. The SMILES string of the molecule is c1ccc(N(c2cccc3ccccc23)c2cccc3c2sc2c4ccccc4c(-c4ccc5c(c4)C(c4ccccc4)(c4ccccc4)c4ccccc4-5)cc32)cc1. The summed E-state index contributed by atoms with van der Waals surface area (Å²) in [5, 5.41) is 7.56. The fourth-order valence-electron chi connectivity index (χ4n) is 10.0. The predicted molar refractivity (Wildman–Crippen MR) is 252 cm³/mol. The smallest absolute Gasteiger partial charge is 0.0713 e. The largest absolute Gasteiger partial charge is 0.308 e. The molecule has 276 valence electrons. The molecule has 0 radical (unpaired) electrons. The van der Waals surface area contributed by atoms with Crippen LogP contribution in [0.1, 0.15) is 22.3 Å². The van der Waals surface area contributed by atoms with E-state index in [2.05, 4.69) is 229 Å². The highest BCUT2D eigenvalue weighted by Gasteiger charge is 2.46. The molecule has 0 spiro atoms. The summed E-state index contributed by atoms with van der Waals surface area (Å²) in [5.41, 5.74) is 13.3. The van der Waals surface area contributed by atoms with Gasteiger partial charge in [0.15, 0.2) is 0 Å². The second-order valence-corrected chi connectivity index (χ2v) is 16.6. The fraction of sp³-hybridized carbons (Fsp3) is 0.0175. The van der Waals surface area contributed by atoms with Crippen molar-refractivity contribution in [2.24, 2.45) is 0 Å². The molecule has 0 saturated heterocycles. The van der Waals surface area contributed by atoms with Crippen LogP contribution in [0.15, 0.2) is 224 Å². The van der Waals surface area contributed by atoms with Crippen molar-refractivity contribution in [1.29, 1.82) is 0 Å². The van der Waals surface area contributed by atoms with Gasteiger partial charge in [0, 0.05) is 31.9 Å². The van der Waals surface area contributed by atoms with Gasteiger partial charge in [0.1, 0.15) is 0 Å². The second-order valence-electron chi connectivity index (χ2n) is 15.6. The van der Waals surface area contributed by atoms with E-state index < -0.39 is 5.41 Å². The van der Waals surface area contributed by atoms with Crippen molar-refractivity contribution in [2.75, 3.05) is 4.90 Å². The summed E-state index contributed by atoms with van der Waals surface area (Å²) in [4.78, 5) is 2.45. The molecule has 0 aliphatic heterocycles. The number of thiophene rings is 1. The van der Waals surface area contributed by atoms with Crippen LogP contribution < -0.4 is 4.90 Å². The van der Waals surface area contributed by atoms with E-state index in [1.807, 2.05) is 11.3 Å². The number of anilines is 3. The Morgan fingerprint density at radius 2 is 0.898 bits per heavy atom. The molecular weight excluding hydrogens is 731 g/mol. The quantitative estimate of drug-likeness (QED) is 0.163. The standard InChI is InChI=1S/C57H37NS/c1-4-20-40(21-5-1)57(41-22-6-2-7-23-41)51-31-15-14-28-45(51)46-35-34-39(36-52(46)57)49-37-50-48-30-17-33-54(56(48)59-55(50)47-29-13-12-27-44(47)49)58(42-24-8-3-9-25-42)53-32-16-19-38-18-10-11-26-43(38)53/h1-37H. The highest BCUT2D eigenvalue weighted by molar-refractivity contribution is 7.27. The number of para-hydroxylation sites is 1. The Labute approximate surface area is 347 Å². The Bertz CT molecular complexity index is 3340. The molecule has 1 aliphatic carbocycles. The molecular formula is C57H37NS. The molecule has 11 aromatic rings. The van der Waals surface area contributed by atoms with Gasteiger partial charge in [-0.15, -0.1) is 11.3 Å². The zero-order chi connectivity index (χ0) is 38.9. The number of benzene rings is 10. The summed E-state index contributed by atoms with van der Waals surface area (Å²) in [6, 6.07) is 82.9. The lowest BCUT2D eigenvalue weighted by atomic mass is 9.67. The van der Waals surface area contributed by atoms with Gasteiger partial charge in [-0.2, -0.15) is 0 Å². The molecule has 0 unspecified atom stereocenters. The van der Waals surface area contributed by atoms with E-state index in [1.165, 1.54) is 97.6 Å². The minimum atomic E-state index is -0.461. The lowest BCUT2D eigenvalue weighted by Crippen LogP contribution is -2.28. The summed E-state index contributed by atoms with van der Waals surface area (Å²) >= 11 is 1.91. The van der Waals surface area contributed by atoms with Crippen molar-refractivity contribution in [3.05, 3.63) is 247 Å². The minimum absolute atomic E-state index is 0.461. The van der Waals surface area contributed by atoms with Gasteiger partial charge < -0.3 is 4.90 Å². The molecule has 1 heterocycles. The molecule has 0 amide bonds. The first-order valence-electron chi connectivity index (χ1n) is 20.3. The maximum Gasteiger partial charge on any atom is 0.0713 e. The first kappa shape index (κ1) is 33.8. The van der Waals surface area contributed by atoms with Crippen LogP contribution in [0.4, 0.5) is 17.1 Å². The highest BCUT2D eigenvalue weighted by Crippen LogP contribution is 2.57. The molecule has 12 rings (SSSR count). The summed E-state index contributed by atoms with van der Waals surface area (Å²) < 4.78 is 2.59. The van der Waals surface area contributed by atoms with Crippen molar-refractivity contribution >= 4 is 70.1 Å². The molecule has 59 heavy (non-hydrogen) atoms. The monoisotopic (exact) mass is 767 g/mol. The van der Waals surface area contributed by atoms with E-state index in [9.17, 15) is 0 Å². The van der Waals surface area contributed by atoms with Crippen LogP contribution in [-0.2, 0) is 5.41 Å². The van der Waals surface area contributed by atoms with Gasteiger partial charge in [0.05, 0.1) is 21.5 Å². The van der Waals surface area contributed by atoms with Gasteiger partial charge in [-0.1, -0.05) is 188 Å². The van der Waals surface area contributed by atoms with Crippen LogP contribution >= 0.6 is 11.3 Å². The van der Waals surface area contributed by atoms with Gasteiger partial charge in [0.25, 0.3) is 0 Å². The Hall–Kier alpha value is -7.26. The van der Waals surface area contributed by atoms with E-state index >= 15 is 0 Å². The molecule has 1 aromatic heterocycles. The third-order valence-corrected chi connectivity index (χ3v) is 13.8. The maximum atomic E-state index is 2.50. The van der Waals surface area contributed by atoms with Gasteiger partial charge in [-0.25, -0.2) is 0 Å². The van der Waals surface area contributed by atoms with Crippen LogP contribution in [0.2, 0.25) is 0 Å². The molecule has 1 nitrogen and oxygen atoms in total. The topological polar surface area (TPSA) is 3.24 Å². The molecule has 0 saturated carbocycles. The van der Waals surface area contributed by atoms with Crippen molar-refractivity contribution in [2.45, 2.75) is 5.41 Å². The average molecular weight is 768 g/mol. The fourth-order valence-corrected chi connectivity index (χ4v) is 11.3. The number of fused-ring (bicyclic) bond motifs is 9. The summed E-state index contributed by atoms with van der Waals surface area (Å²) in [7, 11) is 0. The van der Waals surface area contributed by atoms with Crippen molar-refractivity contribution < 1.29 is 0 Å². The van der Waals surface area contributed by atoms with E-state index in [1.54, 1.807) is 0 Å². The van der Waals surface area contributed by atoms with E-state index in [4.69, 9.17) is 0 Å². The average Bonchev–Trinajstić information content (AvgIpc) is 3.84. The zero-order valence-electron chi connectivity index (χ0n) is 32.2. The van der Waals surface area contributed by atoms with Crippen molar-refractivity contribution in [1.82, 2.24) is 0 Å². The minimum Gasteiger partial charge on any atom is -0.308 e. The normalized spacial score (nSPS) is 12.9. The Morgan fingerprint density at radius 3 is 1.68 bits per heavy atom. The van der Waals surface area contributed by atoms with Crippen LogP contribution in [-0.4, -0.2) is 0 Å². The van der Waals surface area contributed by atoms with Gasteiger partial charge in [0.2, 0.25) is 0 Å². The molecule has 0 atom stereocenters. The predicted octanol–water partition coefficient (Wildman–Crippen LogP) is 15.9. The Balaban J connectivity index is 1.12. The Morgan fingerprint density at radius 1 is 0.339 bits per heavy atom. The molecule has 10 aromatic carbocycles. The molecule has 1 aliphatic rings. The van der Waals surface area contributed by atoms with Crippen LogP contribution in [0.3, 0.4) is 0 Å². The van der Waals surface area contributed by atoms with E-state index in [0.29, 0.717) is 0 Å². The van der Waals surface area contributed by atoms with Crippen molar-refractivity contribution in [3.8, 4) is 22.3 Å². The highest BCUT2D eigenvalue weighted by atomic mass is 32.1. The number of rotatable bonds is 6. The first-order chi connectivity index (χ1) is 29.3. The van der Waals surface area contributed by atoms with Crippen molar-refractivity contribution in [3.63, 3.8) is 0 Å². The zero-order valence-corrected chi connectivity index (χ0v) is 33.0. The number of nitrogens with zero attached hydrogens (tertiary/aromatic N) is 1. The summed E-state index contributed by atoms with van der Waals surface area (Å²) in [6.45, 7) is 0. The van der Waals surface area contributed by atoms with E-state index in [-0.39, 0.29) is 0 Å². The summed E-state index contributed by atoms with van der Waals surface area (Å²) in [6.07, 6.45) is 0. The second kappa shape index (κ2) is 13.4.